The van der Waals surface area contributed by atoms with E-state index in [1.54, 1.807) is 6.20 Å². The standard InChI is InChI=1S/C12H15NO3/c1-8(2)9-4-3-5-13-10(9)12(11(14)15)6-16-7-12/h3-5,8H,6-7H2,1-2H3,(H,14,15). The molecule has 86 valence electrons. The lowest BCUT2D eigenvalue weighted by atomic mass is 9.78. The Morgan fingerprint density at radius 3 is 2.69 bits per heavy atom. The smallest absolute Gasteiger partial charge is 0.320 e. The molecule has 2 rings (SSSR count). The van der Waals surface area contributed by atoms with E-state index < -0.39 is 11.4 Å². The van der Waals surface area contributed by atoms with E-state index in [-0.39, 0.29) is 19.1 Å². The largest absolute Gasteiger partial charge is 0.480 e. The van der Waals surface area contributed by atoms with E-state index in [1.807, 2.05) is 26.0 Å². The average molecular weight is 221 g/mol. The minimum atomic E-state index is -0.930. The number of nitrogens with zero attached hydrogens (tertiary/aromatic N) is 1. The van der Waals surface area contributed by atoms with Crippen LogP contribution < -0.4 is 0 Å². The molecular weight excluding hydrogens is 206 g/mol. The fourth-order valence-corrected chi connectivity index (χ4v) is 1.95. The topological polar surface area (TPSA) is 59.4 Å². The molecule has 1 aliphatic rings. The summed E-state index contributed by atoms with van der Waals surface area (Å²) in [4.78, 5) is 15.6. The summed E-state index contributed by atoms with van der Waals surface area (Å²) in [6, 6.07) is 3.78. The maximum Gasteiger partial charge on any atom is 0.320 e. The van der Waals surface area contributed by atoms with Crippen molar-refractivity contribution in [3.05, 3.63) is 29.6 Å². The highest BCUT2D eigenvalue weighted by Gasteiger charge is 2.50. The number of rotatable bonds is 3. The highest BCUT2D eigenvalue weighted by molar-refractivity contribution is 5.82. The molecule has 0 spiro atoms. The van der Waals surface area contributed by atoms with E-state index in [0.29, 0.717) is 5.69 Å². The minimum absolute atomic E-state index is 0.221. The number of carboxylic acid groups (broad SMARTS) is 1. The lowest BCUT2D eigenvalue weighted by molar-refractivity contribution is -0.163. The Kier molecular flexibility index (Phi) is 2.68. The summed E-state index contributed by atoms with van der Waals surface area (Å²) >= 11 is 0. The summed E-state index contributed by atoms with van der Waals surface area (Å²) in [6.45, 7) is 4.52. The van der Waals surface area contributed by atoms with Crippen LogP contribution in [0.3, 0.4) is 0 Å². The van der Waals surface area contributed by atoms with Gasteiger partial charge in [0.15, 0.2) is 5.41 Å². The number of hydrogen-bond donors (Lipinski definition) is 1. The molecule has 0 bridgehead atoms. The predicted octanol–water partition coefficient (Wildman–Crippen LogP) is 1.56. The van der Waals surface area contributed by atoms with Gasteiger partial charge in [0.05, 0.1) is 18.9 Å². The van der Waals surface area contributed by atoms with Crippen molar-refractivity contribution in [2.45, 2.75) is 25.2 Å². The van der Waals surface area contributed by atoms with E-state index >= 15 is 0 Å². The first kappa shape index (κ1) is 11.1. The number of carboxylic acids is 1. The zero-order valence-corrected chi connectivity index (χ0v) is 9.43. The second-order valence-corrected chi connectivity index (χ2v) is 4.48. The zero-order chi connectivity index (χ0) is 11.8. The molecule has 0 radical (unpaired) electrons. The first-order valence-electron chi connectivity index (χ1n) is 5.34. The van der Waals surface area contributed by atoms with Crippen LogP contribution >= 0.6 is 0 Å². The molecule has 1 aromatic rings. The summed E-state index contributed by atoms with van der Waals surface area (Å²) in [5.41, 5.74) is 0.720. The predicted molar refractivity (Wildman–Crippen MR) is 58.5 cm³/mol. The number of aliphatic carboxylic acids is 1. The van der Waals surface area contributed by atoms with Crippen LogP contribution in [0.25, 0.3) is 0 Å². The molecule has 1 aliphatic heterocycles. The number of hydrogen-bond acceptors (Lipinski definition) is 3. The Balaban J connectivity index is 2.50. The summed E-state index contributed by atoms with van der Waals surface area (Å²) in [5.74, 6) is -0.583. The van der Waals surface area contributed by atoms with Gasteiger partial charge in [0.2, 0.25) is 0 Å². The fourth-order valence-electron chi connectivity index (χ4n) is 1.95. The monoisotopic (exact) mass is 221 g/mol. The molecule has 0 unspecified atom stereocenters. The Bertz CT molecular complexity index is 410. The van der Waals surface area contributed by atoms with Gasteiger partial charge in [-0.1, -0.05) is 19.9 Å². The Morgan fingerprint density at radius 2 is 2.25 bits per heavy atom. The van der Waals surface area contributed by atoms with Gasteiger partial charge < -0.3 is 9.84 Å². The van der Waals surface area contributed by atoms with E-state index in [0.717, 1.165) is 5.56 Å². The third-order valence-electron chi connectivity index (χ3n) is 3.02. The lowest BCUT2D eigenvalue weighted by Crippen LogP contribution is -2.54. The molecule has 0 aromatic carbocycles. The van der Waals surface area contributed by atoms with Crippen LogP contribution in [0.4, 0.5) is 0 Å². The van der Waals surface area contributed by atoms with E-state index in [1.165, 1.54) is 0 Å². The summed E-state index contributed by atoms with van der Waals surface area (Å²) in [7, 11) is 0. The second-order valence-electron chi connectivity index (χ2n) is 4.48. The maximum atomic E-state index is 11.4. The van der Waals surface area contributed by atoms with Gasteiger partial charge in [-0.25, -0.2) is 0 Å². The van der Waals surface area contributed by atoms with Gasteiger partial charge in [-0.3, -0.25) is 9.78 Å². The Labute approximate surface area is 94.3 Å². The van der Waals surface area contributed by atoms with Gasteiger partial charge in [0.25, 0.3) is 0 Å². The van der Waals surface area contributed by atoms with Crippen LogP contribution in [-0.2, 0) is 14.9 Å². The molecule has 1 aromatic heterocycles. The molecule has 1 fully saturated rings. The fraction of sp³-hybridized carbons (Fsp3) is 0.500. The molecule has 1 saturated heterocycles. The van der Waals surface area contributed by atoms with Crippen molar-refractivity contribution in [2.24, 2.45) is 0 Å². The van der Waals surface area contributed by atoms with Crippen LogP contribution in [0.15, 0.2) is 18.3 Å². The van der Waals surface area contributed by atoms with Crippen molar-refractivity contribution < 1.29 is 14.6 Å². The molecule has 4 nitrogen and oxygen atoms in total. The Hall–Kier alpha value is -1.42. The van der Waals surface area contributed by atoms with E-state index in [4.69, 9.17) is 4.74 Å². The van der Waals surface area contributed by atoms with Crippen molar-refractivity contribution >= 4 is 5.97 Å². The first-order chi connectivity index (χ1) is 7.58. The van der Waals surface area contributed by atoms with Crippen LogP contribution in [-0.4, -0.2) is 29.3 Å². The minimum Gasteiger partial charge on any atom is -0.480 e. The molecule has 0 saturated carbocycles. The third kappa shape index (κ3) is 1.50. The first-order valence-corrected chi connectivity index (χ1v) is 5.34. The van der Waals surface area contributed by atoms with E-state index in [9.17, 15) is 9.90 Å². The quantitative estimate of drug-likeness (QED) is 0.841. The van der Waals surface area contributed by atoms with Crippen molar-refractivity contribution in [3.63, 3.8) is 0 Å². The van der Waals surface area contributed by atoms with Crippen molar-refractivity contribution in [1.29, 1.82) is 0 Å². The highest BCUT2D eigenvalue weighted by Crippen LogP contribution is 2.35. The van der Waals surface area contributed by atoms with E-state index in [2.05, 4.69) is 4.98 Å². The van der Waals surface area contributed by atoms with Crippen molar-refractivity contribution in [1.82, 2.24) is 4.98 Å². The van der Waals surface area contributed by atoms with Crippen LogP contribution in [0, 0.1) is 0 Å². The molecule has 0 aliphatic carbocycles. The van der Waals surface area contributed by atoms with Crippen molar-refractivity contribution in [2.75, 3.05) is 13.2 Å². The molecule has 1 N–H and O–H groups in total. The van der Waals surface area contributed by atoms with Gasteiger partial charge in [-0.05, 0) is 17.5 Å². The van der Waals surface area contributed by atoms with Gasteiger partial charge in [-0.15, -0.1) is 0 Å². The van der Waals surface area contributed by atoms with Crippen LogP contribution in [0.1, 0.15) is 31.0 Å². The average Bonchev–Trinajstić information content (AvgIpc) is 2.15. The second kappa shape index (κ2) is 3.87. The normalized spacial score (nSPS) is 18.2. The number of ether oxygens (including phenoxy) is 1. The Morgan fingerprint density at radius 1 is 1.56 bits per heavy atom. The van der Waals surface area contributed by atoms with Crippen LogP contribution in [0.5, 0.6) is 0 Å². The van der Waals surface area contributed by atoms with Crippen molar-refractivity contribution in [3.8, 4) is 0 Å². The van der Waals surface area contributed by atoms with Gasteiger partial charge in [0.1, 0.15) is 0 Å². The zero-order valence-electron chi connectivity index (χ0n) is 9.43. The SMILES string of the molecule is CC(C)c1cccnc1C1(C(=O)O)COC1. The molecule has 0 atom stereocenters. The molecule has 2 heterocycles. The molecular formula is C12H15NO3. The summed E-state index contributed by atoms with van der Waals surface area (Å²) in [5, 5.41) is 9.32. The summed E-state index contributed by atoms with van der Waals surface area (Å²) < 4.78 is 5.07. The lowest BCUT2D eigenvalue weighted by Gasteiger charge is -2.38. The van der Waals surface area contributed by atoms with Gasteiger partial charge >= 0.3 is 5.97 Å². The summed E-state index contributed by atoms with van der Waals surface area (Å²) in [6.07, 6.45) is 1.64. The van der Waals surface area contributed by atoms with Gasteiger partial charge in [-0.2, -0.15) is 0 Å². The third-order valence-corrected chi connectivity index (χ3v) is 3.02. The van der Waals surface area contributed by atoms with Gasteiger partial charge in [0, 0.05) is 6.20 Å². The molecule has 0 amide bonds. The molecule has 4 heteroatoms. The highest BCUT2D eigenvalue weighted by atomic mass is 16.5. The number of aromatic nitrogens is 1. The number of carbonyl (C=O) groups is 1. The number of pyridine rings is 1. The van der Waals surface area contributed by atoms with Crippen LogP contribution in [0.2, 0.25) is 0 Å². The molecule has 16 heavy (non-hydrogen) atoms. The maximum absolute atomic E-state index is 11.4.